The van der Waals surface area contributed by atoms with E-state index in [4.69, 9.17) is 4.74 Å². The maximum Gasteiger partial charge on any atom is 0.257 e. The van der Waals surface area contributed by atoms with Gasteiger partial charge in [-0.2, -0.15) is 0 Å². The van der Waals surface area contributed by atoms with Crippen LogP contribution in [0.3, 0.4) is 0 Å². The second-order valence-electron chi connectivity index (χ2n) is 6.41. The molecule has 1 N–H and O–H groups in total. The van der Waals surface area contributed by atoms with Crippen LogP contribution in [0.25, 0.3) is 0 Å². The highest BCUT2D eigenvalue weighted by Crippen LogP contribution is 2.34. The lowest BCUT2D eigenvalue weighted by atomic mass is 10.1. The smallest absolute Gasteiger partial charge is 0.257 e. The number of nitrogens with one attached hydrogen (secondary N) is 1. The number of hydrogen-bond acceptors (Lipinski definition) is 5. The van der Waals surface area contributed by atoms with Gasteiger partial charge >= 0.3 is 0 Å². The van der Waals surface area contributed by atoms with E-state index in [-0.39, 0.29) is 12.1 Å². The van der Waals surface area contributed by atoms with Crippen LogP contribution in [0.4, 0.5) is 5.69 Å². The predicted octanol–water partition coefficient (Wildman–Crippen LogP) is 3.04. The number of hydrogen-bond donors (Lipinski definition) is 1. The molecule has 1 amide bonds. The fourth-order valence-corrected chi connectivity index (χ4v) is 4.27. The van der Waals surface area contributed by atoms with Crippen molar-refractivity contribution in [2.24, 2.45) is 0 Å². The molecule has 0 spiro atoms. The zero-order valence-electron chi connectivity index (χ0n) is 14.2. The van der Waals surface area contributed by atoms with Crippen molar-refractivity contribution in [3.05, 3.63) is 52.2 Å². The standard InChI is InChI=1S/C19H23N3O2S/c23-19-15-5-1-2-6-16(15)20-18(17-7-3-14-25-17)22(19)9-4-8-21-10-12-24-13-11-21/h1-3,5-7,14,18,20H,4,8-13H2/t18-/m0/s1. The topological polar surface area (TPSA) is 44.8 Å². The third-order valence-corrected chi connectivity index (χ3v) is 5.74. The molecule has 0 radical (unpaired) electrons. The van der Waals surface area contributed by atoms with Crippen molar-refractivity contribution < 1.29 is 9.53 Å². The van der Waals surface area contributed by atoms with Crippen molar-refractivity contribution in [1.82, 2.24) is 9.80 Å². The van der Waals surface area contributed by atoms with Gasteiger partial charge in [0.05, 0.1) is 18.8 Å². The number of fused-ring (bicyclic) bond motifs is 1. The summed E-state index contributed by atoms with van der Waals surface area (Å²) in [6, 6.07) is 11.9. The fourth-order valence-electron chi connectivity index (χ4n) is 3.48. The maximum atomic E-state index is 13.1. The van der Waals surface area contributed by atoms with E-state index in [0.717, 1.165) is 57.1 Å². The molecule has 4 rings (SSSR count). The summed E-state index contributed by atoms with van der Waals surface area (Å²) < 4.78 is 5.40. The Morgan fingerprint density at radius 3 is 2.76 bits per heavy atom. The maximum absolute atomic E-state index is 13.1. The lowest BCUT2D eigenvalue weighted by molar-refractivity contribution is 0.0348. The number of ether oxygens (including phenoxy) is 1. The number of benzene rings is 1. The number of nitrogens with zero attached hydrogens (tertiary/aromatic N) is 2. The zero-order valence-corrected chi connectivity index (χ0v) is 15.0. The summed E-state index contributed by atoms with van der Waals surface area (Å²) in [6.07, 6.45) is 0.893. The van der Waals surface area contributed by atoms with E-state index < -0.39 is 0 Å². The molecule has 1 atom stereocenters. The second kappa shape index (κ2) is 7.56. The molecule has 0 bridgehead atoms. The summed E-state index contributed by atoms with van der Waals surface area (Å²) in [4.78, 5) is 18.6. The molecule has 6 heteroatoms. The van der Waals surface area contributed by atoms with Crippen LogP contribution in [-0.2, 0) is 4.74 Å². The minimum atomic E-state index is -0.0768. The van der Waals surface area contributed by atoms with Crippen molar-refractivity contribution in [3.8, 4) is 0 Å². The van der Waals surface area contributed by atoms with Gasteiger partial charge in [0, 0.05) is 36.7 Å². The lowest BCUT2D eigenvalue weighted by Gasteiger charge is -2.38. The molecular formula is C19H23N3O2S. The van der Waals surface area contributed by atoms with Gasteiger partial charge in [-0.15, -0.1) is 11.3 Å². The third-order valence-electron chi connectivity index (χ3n) is 4.81. The Morgan fingerprint density at radius 1 is 1.12 bits per heavy atom. The van der Waals surface area contributed by atoms with Crippen LogP contribution in [-0.4, -0.2) is 55.1 Å². The number of rotatable bonds is 5. The van der Waals surface area contributed by atoms with E-state index in [0.29, 0.717) is 0 Å². The van der Waals surface area contributed by atoms with Gasteiger partial charge in [0.1, 0.15) is 6.17 Å². The van der Waals surface area contributed by atoms with Gasteiger partial charge in [-0.05, 0) is 30.0 Å². The lowest BCUT2D eigenvalue weighted by Crippen LogP contribution is -2.44. The highest BCUT2D eigenvalue weighted by molar-refractivity contribution is 7.10. The molecule has 1 saturated heterocycles. The molecule has 0 unspecified atom stereocenters. The Morgan fingerprint density at radius 2 is 1.96 bits per heavy atom. The van der Waals surface area contributed by atoms with E-state index >= 15 is 0 Å². The van der Waals surface area contributed by atoms with Gasteiger partial charge in [-0.25, -0.2) is 0 Å². The van der Waals surface area contributed by atoms with E-state index in [1.54, 1.807) is 11.3 Å². The first-order valence-corrected chi connectivity index (χ1v) is 9.71. The average molecular weight is 357 g/mol. The predicted molar refractivity (Wildman–Crippen MR) is 100 cm³/mol. The minimum absolute atomic E-state index is 0.0768. The molecule has 2 aromatic rings. The van der Waals surface area contributed by atoms with Crippen molar-refractivity contribution in [1.29, 1.82) is 0 Å². The molecule has 25 heavy (non-hydrogen) atoms. The Kier molecular flexibility index (Phi) is 5.01. The van der Waals surface area contributed by atoms with Gasteiger partial charge in [-0.3, -0.25) is 9.69 Å². The Balaban J connectivity index is 1.49. The van der Waals surface area contributed by atoms with Crippen molar-refractivity contribution in [2.75, 3.05) is 44.7 Å². The monoisotopic (exact) mass is 357 g/mol. The Hall–Kier alpha value is -1.89. The van der Waals surface area contributed by atoms with Crippen molar-refractivity contribution in [3.63, 3.8) is 0 Å². The quantitative estimate of drug-likeness (QED) is 0.893. The molecule has 0 aliphatic carbocycles. The van der Waals surface area contributed by atoms with Crippen LogP contribution < -0.4 is 5.32 Å². The molecule has 1 aromatic carbocycles. The first-order chi connectivity index (χ1) is 12.3. The first-order valence-electron chi connectivity index (χ1n) is 8.83. The second-order valence-corrected chi connectivity index (χ2v) is 7.39. The zero-order chi connectivity index (χ0) is 17.1. The van der Waals surface area contributed by atoms with Gasteiger partial charge in [-0.1, -0.05) is 18.2 Å². The molecule has 2 aliphatic heterocycles. The SMILES string of the molecule is O=C1c2ccccc2N[C@H](c2cccs2)N1CCCN1CCOCC1. The summed E-state index contributed by atoms with van der Waals surface area (Å²) in [5.74, 6) is 0.120. The third kappa shape index (κ3) is 3.56. The van der Waals surface area contributed by atoms with Crippen LogP contribution in [0.15, 0.2) is 41.8 Å². The molecule has 0 saturated carbocycles. The Labute approximate surface area is 152 Å². The average Bonchev–Trinajstić information content (AvgIpc) is 3.19. The summed E-state index contributed by atoms with van der Waals surface area (Å²) in [5.41, 5.74) is 1.69. The first kappa shape index (κ1) is 16.6. The molecule has 2 aliphatic rings. The van der Waals surface area contributed by atoms with Crippen LogP contribution in [0, 0.1) is 0 Å². The molecular weight excluding hydrogens is 334 g/mol. The number of thiophene rings is 1. The summed E-state index contributed by atoms with van der Waals surface area (Å²) in [5, 5.41) is 5.61. The van der Waals surface area contributed by atoms with Gasteiger partial charge in [0.15, 0.2) is 0 Å². The molecule has 3 heterocycles. The van der Waals surface area contributed by atoms with Gasteiger partial charge in [0.25, 0.3) is 5.91 Å². The van der Waals surface area contributed by atoms with E-state index in [9.17, 15) is 4.79 Å². The minimum Gasteiger partial charge on any atom is -0.379 e. The van der Waals surface area contributed by atoms with Gasteiger partial charge < -0.3 is 15.0 Å². The summed E-state index contributed by atoms with van der Waals surface area (Å²) in [6.45, 7) is 5.36. The number of morpholine rings is 1. The number of amides is 1. The summed E-state index contributed by atoms with van der Waals surface area (Å²) in [7, 11) is 0. The molecule has 132 valence electrons. The number of anilines is 1. The summed E-state index contributed by atoms with van der Waals surface area (Å²) >= 11 is 1.69. The number of carbonyl (C=O) groups is 1. The van der Waals surface area contributed by atoms with Crippen LogP contribution >= 0.6 is 11.3 Å². The van der Waals surface area contributed by atoms with Crippen LogP contribution in [0.1, 0.15) is 27.8 Å². The van der Waals surface area contributed by atoms with Crippen LogP contribution in [0.2, 0.25) is 0 Å². The largest absolute Gasteiger partial charge is 0.379 e. The molecule has 5 nitrogen and oxygen atoms in total. The fraction of sp³-hybridized carbons (Fsp3) is 0.421. The van der Waals surface area contributed by atoms with E-state index in [1.165, 1.54) is 4.88 Å². The van der Waals surface area contributed by atoms with Crippen molar-refractivity contribution in [2.45, 2.75) is 12.6 Å². The number of para-hydroxylation sites is 1. The highest BCUT2D eigenvalue weighted by atomic mass is 32.1. The van der Waals surface area contributed by atoms with Gasteiger partial charge in [0.2, 0.25) is 0 Å². The van der Waals surface area contributed by atoms with E-state index in [2.05, 4.69) is 21.7 Å². The number of carbonyl (C=O) groups excluding carboxylic acids is 1. The molecule has 1 fully saturated rings. The molecule has 1 aromatic heterocycles. The van der Waals surface area contributed by atoms with E-state index in [1.807, 2.05) is 35.2 Å². The normalized spacial score (nSPS) is 21.0. The Bertz CT molecular complexity index is 713. The van der Waals surface area contributed by atoms with Crippen LogP contribution in [0.5, 0.6) is 0 Å². The highest BCUT2D eigenvalue weighted by Gasteiger charge is 2.32. The van der Waals surface area contributed by atoms with Crippen molar-refractivity contribution >= 4 is 22.9 Å².